The number of hydrogen-bond donors (Lipinski definition) is 1. The standard InChI is InChI=1S/C20H23BrN2OS/c1-3-24-17-7-8-18(20-22-9-4-10-23-20)19(12-17)25-13-15-11-16(21)6-5-14(15)2/h5-8,11-12H,3-4,9-10,13H2,1-2H3,(H,22,23). The number of nitrogens with one attached hydrogen (secondary N) is 1. The van der Waals surface area contributed by atoms with Gasteiger partial charge in [0.05, 0.1) is 6.61 Å². The van der Waals surface area contributed by atoms with E-state index in [4.69, 9.17) is 4.74 Å². The summed E-state index contributed by atoms with van der Waals surface area (Å²) in [4.78, 5) is 5.87. The third-order valence-electron chi connectivity index (χ3n) is 4.11. The molecule has 0 amide bonds. The van der Waals surface area contributed by atoms with Crippen LogP contribution in [0.4, 0.5) is 0 Å². The minimum atomic E-state index is 0.674. The second-order valence-corrected chi connectivity index (χ2v) is 7.89. The zero-order valence-corrected chi connectivity index (χ0v) is 17.0. The Morgan fingerprint density at radius 2 is 2.12 bits per heavy atom. The van der Waals surface area contributed by atoms with Crippen LogP contribution in [0.25, 0.3) is 0 Å². The zero-order chi connectivity index (χ0) is 17.6. The van der Waals surface area contributed by atoms with Crippen molar-refractivity contribution in [3.8, 4) is 5.75 Å². The fourth-order valence-electron chi connectivity index (χ4n) is 2.74. The van der Waals surface area contributed by atoms with Crippen LogP contribution in [0.3, 0.4) is 0 Å². The van der Waals surface area contributed by atoms with Gasteiger partial charge >= 0.3 is 0 Å². The maximum Gasteiger partial charge on any atom is 0.129 e. The van der Waals surface area contributed by atoms with Gasteiger partial charge in [-0.3, -0.25) is 4.99 Å². The molecule has 0 spiro atoms. The van der Waals surface area contributed by atoms with Crippen molar-refractivity contribution in [2.45, 2.75) is 30.9 Å². The van der Waals surface area contributed by atoms with Gasteiger partial charge in [0.1, 0.15) is 11.6 Å². The summed E-state index contributed by atoms with van der Waals surface area (Å²) in [6.07, 6.45) is 1.10. The van der Waals surface area contributed by atoms with Gasteiger partial charge in [0, 0.05) is 33.8 Å². The number of thioether (sulfide) groups is 1. The molecule has 3 nitrogen and oxygen atoms in total. The molecular weight excluding hydrogens is 396 g/mol. The lowest BCUT2D eigenvalue weighted by Gasteiger charge is -2.18. The highest BCUT2D eigenvalue weighted by atomic mass is 79.9. The summed E-state index contributed by atoms with van der Waals surface area (Å²) in [6, 6.07) is 12.7. The van der Waals surface area contributed by atoms with E-state index in [0.29, 0.717) is 6.61 Å². The van der Waals surface area contributed by atoms with E-state index in [1.807, 2.05) is 24.8 Å². The van der Waals surface area contributed by atoms with Gasteiger partial charge in [-0.25, -0.2) is 0 Å². The lowest BCUT2D eigenvalue weighted by atomic mass is 10.1. The molecule has 2 aromatic rings. The third-order valence-corrected chi connectivity index (χ3v) is 5.71. The number of ether oxygens (including phenoxy) is 1. The summed E-state index contributed by atoms with van der Waals surface area (Å²) in [5, 5.41) is 3.43. The molecule has 1 aliphatic rings. The predicted octanol–water partition coefficient (Wildman–Crippen LogP) is 5.19. The van der Waals surface area contributed by atoms with Crippen molar-refractivity contribution in [2.75, 3.05) is 19.7 Å². The van der Waals surface area contributed by atoms with Crippen LogP contribution in [0.5, 0.6) is 5.75 Å². The quantitative estimate of drug-likeness (QED) is 0.655. The van der Waals surface area contributed by atoms with Gasteiger partial charge in [-0.2, -0.15) is 0 Å². The number of nitrogens with zero attached hydrogens (tertiary/aromatic N) is 1. The molecule has 1 heterocycles. The second-order valence-electron chi connectivity index (χ2n) is 5.96. The van der Waals surface area contributed by atoms with E-state index in [-0.39, 0.29) is 0 Å². The smallest absolute Gasteiger partial charge is 0.129 e. The van der Waals surface area contributed by atoms with Gasteiger partial charge in [-0.15, -0.1) is 11.8 Å². The fourth-order valence-corrected chi connectivity index (χ4v) is 4.29. The van der Waals surface area contributed by atoms with Crippen LogP contribution in [0, 0.1) is 6.92 Å². The van der Waals surface area contributed by atoms with Crippen molar-refractivity contribution in [3.05, 3.63) is 57.6 Å². The van der Waals surface area contributed by atoms with Crippen molar-refractivity contribution >= 4 is 33.5 Å². The summed E-state index contributed by atoms with van der Waals surface area (Å²) < 4.78 is 6.82. The number of hydrogen-bond acceptors (Lipinski definition) is 4. The summed E-state index contributed by atoms with van der Waals surface area (Å²) in [7, 11) is 0. The van der Waals surface area contributed by atoms with Crippen LogP contribution >= 0.6 is 27.7 Å². The summed E-state index contributed by atoms with van der Waals surface area (Å²) >= 11 is 5.41. The molecule has 0 fully saturated rings. The number of benzene rings is 2. The van der Waals surface area contributed by atoms with Gasteiger partial charge in [0.15, 0.2) is 0 Å². The van der Waals surface area contributed by atoms with E-state index in [1.54, 1.807) is 0 Å². The SMILES string of the molecule is CCOc1ccc(C2=NCCCN2)c(SCc2cc(Br)ccc2C)c1. The number of aliphatic imine (C=N–C) groups is 1. The Bertz CT molecular complexity index is 776. The van der Waals surface area contributed by atoms with Crippen molar-refractivity contribution in [1.82, 2.24) is 5.32 Å². The first-order valence-corrected chi connectivity index (χ1v) is 10.4. The van der Waals surface area contributed by atoms with Crippen molar-refractivity contribution in [2.24, 2.45) is 4.99 Å². The topological polar surface area (TPSA) is 33.6 Å². The van der Waals surface area contributed by atoms with Crippen molar-refractivity contribution in [1.29, 1.82) is 0 Å². The van der Waals surface area contributed by atoms with Gasteiger partial charge in [-0.05, 0) is 61.7 Å². The summed E-state index contributed by atoms with van der Waals surface area (Å²) in [6.45, 7) is 6.73. The number of amidine groups is 1. The first-order valence-electron chi connectivity index (χ1n) is 8.60. The Hall–Kier alpha value is -1.46. The zero-order valence-electron chi connectivity index (χ0n) is 14.6. The maximum absolute atomic E-state index is 5.70. The van der Waals surface area contributed by atoms with Crippen LogP contribution in [0.2, 0.25) is 0 Å². The Balaban J connectivity index is 1.87. The molecule has 1 aliphatic heterocycles. The van der Waals surface area contributed by atoms with E-state index in [1.165, 1.54) is 21.6 Å². The molecule has 25 heavy (non-hydrogen) atoms. The Kier molecular flexibility index (Phi) is 6.43. The normalized spacial score (nSPS) is 14.0. The first kappa shape index (κ1) is 18.3. The van der Waals surface area contributed by atoms with Crippen LogP contribution in [0.15, 0.2) is 50.8 Å². The van der Waals surface area contributed by atoms with Gasteiger partial charge in [0.2, 0.25) is 0 Å². The van der Waals surface area contributed by atoms with E-state index < -0.39 is 0 Å². The molecule has 0 saturated carbocycles. The molecule has 1 N–H and O–H groups in total. The Labute approximate surface area is 162 Å². The van der Waals surface area contributed by atoms with E-state index in [0.717, 1.165) is 41.3 Å². The minimum Gasteiger partial charge on any atom is -0.494 e. The number of halogens is 1. The molecule has 0 saturated heterocycles. The Morgan fingerprint density at radius 1 is 1.24 bits per heavy atom. The Morgan fingerprint density at radius 3 is 2.88 bits per heavy atom. The predicted molar refractivity (Wildman–Crippen MR) is 110 cm³/mol. The van der Waals surface area contributed by atoms with Crippen LogP contribution < -0.4 is 10.1 Å². The molecular formula is C20H23BrN2OS. The molecule has 5 heteroatoms. The lowest BCUT2D eigenvalue weighted by Crippen LogP contribution is -2.30. The molecule has 0 bridgehead atoms. The van der Waals surface area contributed by atoms with E-state index >= 15 is 0 Å². The highest BCUT2D eigenvalue weighted by Crippen LogP contribution is 2.32. The van der Waals surface area contributed by atoms with Gasteiger partial charge in [-0.1, -0.05) is 22.0 Å². The molecule has 0 radical (unpaired) electrons. The van der Waals surface area contributed by atoms with Crippen molar-refractivity contribution < 1.29 is 4.74 Å². The molecule has 132 valence electrons. The summed E-state index contributed by atoms with van der Waals surface area (Å²) in [5.41, 5.74) is 3.82. The number of aryl methyl sites for hydroxylation is 1. The maximum atomic E-state index is 5.70. The van der Waals surface area contributed by atoms with Crippen LogP contribution in [-0.2, 0) is 5.75 Å². The lowest BCUT2D eigenvalue weighted by molar-refractivity contribution is 0.339. The molecule has 0 atom stereocenters. The average molecular weight is 419 g/mol. The molecule has 0 aromatic heterocycles. The van der Waals surface area contributed by atoms with Gasteiger partial charge in [0.25, 0.3) is 0 Å². The molecule has 0 aliphatic carbocycles. The van der Waals surface area contributed by atoms with E-state index in [9.17, 15) is 0 Å². The van der Waals surface area contributed by atoms with Crippen LogP contribution in [0.1, 0.15) is 30.0 Å². The molecule has 2 aromatic carbocycles. The fraction of sp³-hybridized carbons (Fsp3) is 0.350. The van der Waals surface area contributed by atoms with E-state index in [2.05, 4.69) is 63.5 Å². The third kappa shape index (κ3) is 4.79. The molecule has 3 rings (SSSR count). The molecule has 0 unspecified atom stereocenters. The summed E-state index contributed by atoms with van der Waals surface area (Å²) in [5.74, 6) is 2.83. The average Bonchev–Trinajstić information content (AvgIpc) is 2.63. The number of rotatable bonds is 6. The van der Waals surface area contributed by atoms with Gasteiger partial charge < -0.3 is 10.1 Å². The largest absolute Gasteiger partial charge is 0.494 e. The highest BCUT2D eigenvalue weighted by Gasteiger charge is 2.14. The monoisotopic (exact) mass is 418 g/mol. The highest BCUT2D eigenvalue weighted by molar-refractivity contribution is 9.10. The van der Waals surface area contributed by atoms with Crippen LogP contribution in [-0.4, -0.2) is 25.5 Å². The minimum absolute atomic E-state index is 0.674. The second kappa shape index (κ2) is 8.77. The van der Waals surface area contributed by atoms with Crippen molar-refractivity contribution in [3.63, 3.8) is 0 Å². The first-order chi connectivity index (χ1) is 12.2.